The van der Waals surface area contributed by atoms with Gasteiger partial charge in [0.1, 0.15) is 5.02 Å². The molecule has 0 aliphatic carbocycles. The van der Waals surface area contributed by atoms with Crippen LogP contribution in [0, 0.1) is 5.92 Å². The largest absolute Gasteiger partial charge is 0.365 e. The van der Waals surface area contributed by atoms with Crippen molar-refractivity contribution in [1.82, 2.24) is 9.78 Å². The molecule has 0 bridgehead atoms. The van der Waals surface area contributed by atoms with E-state index in [1.165, 1.54) is 4.68 Å². The first-order valence-corrected chi connectivity index (χ1v) is 8.18. The molecular formula is C15H25ClN4O. The third-order valence-electron chi connectivity index (χ3n) is 4.25. The van der Waals surface area contributed by atoms with Gasteiger partial charge in [-0.15, -0.1) is 0 Å². The number of piperidine rings is 1. The van der Waals surface area contributed by atoms with Crippen molar-refractivity contribution in [3.63, 3.8) is 0 Å². The predicted molar refractivity (Wildman–Crippen MR) is 87.0 cm³/mol. The third-order valence-corrected chi connectivity index (χ3v) is 4.60. The summed E-state index contributed by atoms with van der Waals surface area (Å²) in [4.78, 5) is 14.5. The monoisotopic (exact) mass is 312 g/mol. The highest BCUT2D eigenvalue weighted by Gasteiger charge is 2.28. The highest BCUT2D eigenvalue weighted by Crippen LogP contribution is 2.30. The Hall–Kier alpha value is -1.07. The average Bonchev–Trinajstić information content (AvgIpc) is 2.49. The predicted octanol–water partition coefficient (Wildman–Crippen LogP) is 2.26. The molecule has 5 nitrogen and oxygen atoms in total. The smallest absolute Gasteiger partial charge is 0.287 e. The molecular weight excluding hydrogens is 288 g/mol. The van der Waals surface area contributed by atoms with Gasteiger partial charge in [-0.1, -0.05) is 31.9 Å². The molecule has 2 unspecified atom stereocenters. The van der Waals surface area contributed by atoms with Gasteiger partial charge in [0.15, 0.2) is 0 Å². The van der Waals surface area contributed by atoms with Crippen LogP contribution in [0.4, 0.5) is 5.69 Å². The molecule has 0 amide bonds. The minimum atomic E-state index is -0.197. The van der Waals surface area contributed by atoms with E-state index in [9.17, 15) is 4.79 Å². The van der Waals surface area contributed by atoms with Gasteiger partial charge in [0.25, 0.3) is 5.56 Å². The average molecular weight is 313 g/mol. The number of rotatable bonds is 5. The zero-order chi connectivity index (χ0) is 15.4. The standard InChI is InChI=1S/C15H25ClN4O/c1-3-4-6-20-15(21)14(16)13(10-18-20)19-7-5-11(2)8-12(19)9-17/h10-12H,3-9,17H2,1-2H3. The van der Waals surface area contributed by atoms with Crippen molar-refractivity contribution in [1.29, 1.82) is 0 Å². The minimum absolute atomic E-state index is 0.197. The van der Waals surface area contributed by atoms with Gasteiger partial charge in [-0.25, -0.2) is 4.68 Å². The SMILES string of the molecule is CCCCn1ncc(N2CCC(C)CC2CN)c(Cl)c1=O. The molecule has 2 N–H and O–H groups in total. The molecule has 0 saturated carbocycles. The lowest BCUT2D eigenvalue weighted by Crippen LogP contribution is -2.47. The molecule has 1 aliphatic rings. The Kier molecular flexibility index (Phi) is 5.65. The molecule has 2 rings (SSSR count). The fourth-order valence-corrected chi connectivity index (χ4v) is 3.17. The van der Waals surface area contributed by atoms with E-state index in [2.05, 4.69) is 23.8 Å². The van der Waals surface area contributed by atoms with Gasteiger partial charge in [-0.3, -0.25) is 4.79 Å². The quantitative estimate of drug-likeness (QED) is 0.906. The first kappa shape index (κ1) is 16.3. The van der Waals surface area contributed by atoms with Crippen LogP contribution in [0.15, 0.2) is 11.0 Å². The number of anilines is 1. The van der Waals surface area contributed by atoms with E-state index in [1.807, 2.05) is 0 Å². The molecule has 1 saturated heterocycles. The van der Waals surface area contributed by atoms with Crippen LogP contribution in [0.5, 0.6) is 0 Å². The van der Waals surface area contributed by atoms with Gasteiger partial charge in [-0.05, 0) is 25.2 Å². The second kappa shape index (κ2) is 7.27. The normalized spacial score (nSPS) is 22.6. The first-order valence-electron chi connectivity index (χ1n) is 7.80. The van der Waals surface area contributed by atoms with Crippen molar-refractivity contribution in [2.45, 2.75) is 52.1 Å². The van der Waals surface area contributed by atoms with Crippen LogP contribution < -0.4 is 16.2 Å². The second-order valence-corrected chi connectivity index (χ2v) is 6.32. The van der Waals surface area contributed by atoms with Crippen LogP contribution in [-0.2, 0) is 6.54 Å². The Labute approximate surface area is 131 Å². The molecule has 21 heavy (non-hydrogen) atoms. The van der Waals surface area contributed by atoms with Crippen molar-refractivity contribution < 1.29 is 0 Å². The van der Waals surface area contributed by atoms with Crippen molar-refractivity contribution in [3.8, 4) is 0 Å². The van der Waals surface area contributed by atoms with E-state index in [4.69, 9.17) is 17.3 Å². The van der Waals surface area contributed by atoms with Gasteiger partial charge in [0.05, 0.1) is 11.9 Å². The van der Waals surface area contributed by atoms with Crippen molar-refractivity contribution in [2.75, 3.05) is 18.0 Å². The third kappa shape index (κ3) is 3.58. The Bertz CT molecular complexity index is 531. The summed E-state index contributed by atoms with van der Waals surface area (Å²) in [6.45, 7) is 6.39. The summed E-state index contributed by atoms with van der Waals surface area (Å²) in [5.41, 5.74) is 6.42. The molecule has 1 aromatic heterocycles. The van der Waals surface area contributed by atoms with Crippen LogP contribution in [0.2, 0.25) is 5.02 Å². The van der Waals surface area contributed by atoms with E-state index in [0.29, 0.717) is 19.0 Å². The summed E-state index contributed by atoms with van der Waals surface area (Å²) in [6.07, 6.45) is 5.79. The minimum Gasteiger partial charge on any atom is -0.365 e. The van der Waals surface area contributed by atoms with Crippen molar-refractivity contribution >= 4 is 17.3 Å². The van der Waals surface area contributed by atoms with E-state index in [1.54, 1.807) is 6.20 Å². The lowest BCUT2D eigenvalue weighted by molar-refractivity contribution is 0.366. The second-order valence-electron chi connectivity index (χ2n) is 5.94. The maximum absolute atomic E-state index is 12.3. The van der Waals surface area contributed by atoms with E-state index in [0.717, 1.165) is 37.9 Å². The Morgan fingerprint density at radius 2 is 2.29 bits per heavy atom. The number of aromatic nitrogens is 2. The number of unbranched alkanes of at least 4 members (excludes halogenated alkanes) is 1. The van der Waals surface area contributed by atoms with Gasteiger partial charge >= 0.3 is 0 Å². The molecule has 0 radical (unpaired) electrons. The molecule has 0 spiro atoms. The molecule has 2 atom stereocenters. The van der Waals surface area contributed by atoms with Crippen LogP contribution in [0.3, 0.4) is 0 Å². The van der Waals surface area contributed by atoms with Gasteiger partial charge in [0, 0.05) is 25.7 Å². The van der Waals surface area contributed by atoms with Gasteiger partial charge < -0.3 is 10.6 Å². The fourth-order valence-electron chi connectivity index (χ4n) is 2.92. The number of aryl methyl sites for hydroxylation is 1. The summed E-state index contributed by atoms with van der Waals surface area (Å²) >= 11 is 6.31. The summed E-state index contributed by atoms with van der Waals surface area (Å²) in [5, 5.41) is 4.55. The number of nitrogens with zero attached hydrogens (tertiary/aromatic N) is 3. The number of nitrogens with two attached hydrogens (primary N) is 1. The number of halogens is 1. The molecule has 1 fully saturated rings. The van der Waals surface area contributed by atoms with Gasteiger partial charge in [-0.2, -0.15) is 5.10 Å². The maximum Gasteiger partial charge on any atom is 0.287 e. The highest BCUT2D eigenvalue weighted by molar-refractivity contribution is 6.33. The molecule has 1 aliphatic heterocycles. The Balaban J connectivity index is 2.27. The van der Waals surface area contributed by atoms with E-state index < -0.39 is 0 Å². The zero-order valence-corrected chi connectivity index (χ0v) is 13.6. The molecule has 118 valence electrons. The van der Waals surface area contributed by atoms with Crippen molar-refractivity contribution in [2.24, 2.45) is 11.7 Å². The highest BCUT2D eigenvalue weighted by atomic mass is 35.5. The first-order chi connectivity index (χ1) is 10.1. The molecule has 0 aromatic carbocycles. The topological polar surface area (TPSA) is 64.2 Å². The molecule has 1 aromatic rings. The summed E-state index contributed by atoms with van der Waals surface area (Å²) in [5.74, 6) is 0.659. The van der Waals surface area contributed by atoms with Crippen LogP contribution in [0.1, 0.15) is 39.5 Å². The maximum atomic E-state index is 12.3. The number of hydrogen-bond donors (Lipinski definition) is 1. The lowest BCUT2D eigenvalue weighted by Gasteiger charge is -2.39. The number of hydrogen-bond acceptors (Lipinski definition) is 4. The summed E-state index contributed by atoms with van der Waals surface area (Å²) in [7, 11) is 0. The van der Waals surface area contributed by atoms with Gasteiger partial charge in [0.2, 0.25) is 0 Å². The Morgan fingerprint density at radius 3 is 2.95 bits per heavy atom. The van der Waals surface area contributed by atoms with Crippen LogP contribution in [0.25, 0.3) is 0 Å². The van der Waals surface area contributed by atoms with E-state index >= 15 is 0 Å². The molecule has 6 heteroatoms. The zero-order valence-electron chi connectivity index (χ0n) is 12.9. The Morgan fingerprint density at radius 1 is 1.52 bits per heavy atom. The lowest BCUT2D eigenvalue weighted by atomic mass is 9.92. The fraction of sp³-hybridized carbons (Fsp3) is 0.733. The van der Waals surface area contributed by atoms with Crippen LogP contribution in [-0.4, -0.2) is 28.9 Å². The summed E-state index contributed by atoms with van der Waals surface area (Å²) in [6, 6.07) is 0.235. The van der Waals surface area contributed by atoms with Crippen molar-refractivity contribution in [3.05, 3.63) is 21.6 Å². The molecule has 2 heterocycles. The van der Waals surface area contributed by atoms with Crippen LogP contribution >= 0.6 is 11.6 Å². The van der Waals surface area contributed by atoms with E-state index in [-0.39, 0.29) is 16.6 Å². The summed E-state index contributed by atoms with van der Waals surface area (Å²) < 4.78 is 1.46.